The van der Waals surface area contributed by atoms with Crippen molar-refractivity contribution in [2.24, 2.45) is 5.92 Å². The van der Waals surface area contributed by atoms with Gasteiger partial charge in [-0.3, -0.25) is 0 Å². The molecule has 0 aliphatic rings. The van der Waals surface area contributed by atoms with Crippen LogP contribution >= 0.6 is 0 Å². The summed E-state index contributed by atoms with van der Waals surface area (Å²) in [7, 11) is -3.54. The second-order valence-corrected chi connectivity index (χ2v) is 6.32. The van der Waals surface area contributed by atoms with Gasteiger partial charge >= 0.3 is 0 Å². The summed E-state index contributed by atoms with van der Waals surface area (Å²) in [6.45, 7) is 5.88. The largest absolute Gasteiger partial charge is 0.240 e. The number of sulfonamides is 1. The topological polar surface area (TPSA) is 46.2 Å². The van der Waals surface area contributed by atoms with Crippen LogP contribution in [-0.2, 0) is 10.0 Å². The van der Waals surface area contributed by atoms with Gasteiger partial charge in [0, 0.05) is 6.04 Å². The second kappa shape index (κ2) is 5.60. The third kappa shape index (κ3) is 4.44. The third-order valence-corrected chi connectivity index (χ3v) is 3.91. The van der Waals surface area contributed by atoms with Gasteiger partial charge in [-0.25, -0.2) is 17.5 Å². The molecule has 0 radical (unpaired) electrons. The van der Waals surface area contributed by atoms with E-state index in [1.165, 1.54) is 12.1 Å². The minimum Gasteiger partial charge on any atom is -0.208 e. The molecule has 0 aliphatic carbocycles. The van der Waals surface area contributed by atoms with E-state index < -0.39 is 15.8 Å². The Morgan fingerprint density at radius 3 is 2.18 bits per heavy atom. The molecule has 96 valence electrons. The molecule has 3 nitrogen and oxygen atoms in total. The first-order valence-corrected chi connectivity index (χ1v) is 7.07. The molecule has 0 aromatic heterocycles. The van der Waals surface area contributed by atoms with Gasteiger partial charge in [0.05, 0.1) is 4.90 Å². The summed E-state index contributed by atoms with van der Waals surface area (Å²) in [5.74, 6) is -0.0277. The van der Waals surface area contributed by atoms with E-state index >= 15 is 0 Å². The lowest BCUT2D eigenvalue weighted by Gasteiger charge is -2.16. The van der Waals surface area contributed by atoms with Gasteiger partial charge in [0.2, 0.25) is 10.0 Å². The zero-order valence-electron chi connectivity index (χ0n) is 10.3. The van der Waals surface area contributed by atoms with E-state index in [0.717, 1.165) is 18.6 Å². The van der Waals surface area contributed by atoms with Crippen LogP contribution in [0.15, 0.2) is 29.2 Å². The molecule has 5 heteroatoms. The van der Waals surface area contributed by atoms with Crippen molar-refractivity contribution in [1.82, 2.24) is 4.72 Å². The van der Waals surface area contributed by atoms with E-state index in [9.17, 15) is 12.8 Å². The number of hydrogen-bond acceptors (Lipinski definition) is 2. The summed E-state index contributed by atoms with van der Waals surface area (Å²) in [6, 6.07) is 4.67. The van der Waals surface area contributed by atoms with Gasteiger partial charge in [0.1, 0.15) is 5.82 Å². The Bertz CT molecular complexity index is 454. The van der Waals surface area contributed by atoms with Crippen LogP contribution < -0.4 is 4.72 Å². The molecule has 0 saturated carbocycles. The van der Waals surface area contributed by atoms with Crippen molar-refractivity contribution in [3.05, 3.63) is 30.1 Å². The van der Waals surface area contributed by atoms with Crippen molar-refractivity contribution >= 4 is 10.0 Å². The average molecular weight is 259 g/mol. The van der Waals surface area contributed by atoms with Crippen molar-refractivity contribution < 1.29 is 12.8 Å². The standard InChI is InChI=1S/C12H18FNO2S/c1-9(2)8-10(3)14-17(15,16)12-6-4-11(13)5-7-12/h4-7,9-10,14H,8H2,1-3H3/t10-/m0/s1. The van der Waals surface area contributed by atoms with E-state index in [1.807, 2.05) is 20.8 Å². The van der Waals surface area contributed by atoms with E-state index in [0.29, 0.717) is 5.92 Å². The number of nitrogens with one attached hydrogen (secondary N) is 1. The molecule has 1 rings (SSSR count). The van der Waals surface area contributed by atoms with Gasteiger partial charge in [0.25, 0.3) is 0 Å². The van der Waals surface area contributed by atoms with Crippen LogP contribution in [0.5, 0.6) is 0 Å². The van der Waals surface area contributed by atoms with E-state index in [-0.39, 0.29) is 10.9 Å². The molecule has 1 N–H and O–H groups in total. The maximum atomic E-state index is 12.7. The third-order valence-electron chi connectivity index (χ3n) is 2.31. The smallest absolute Gasteiger partial charge is 0.208 e. The van der Waals surface area contributed by atoms with Crippen molar-refractivity contribution in [2.45, 2.75) is 38.1 Å². The van der Waals surface area contributed by atoms with E-state index in [4.69, 9.17) is 0 Å². The Morgan fingerprint density at radius 1 is 1.18 bits per heavy atom. The van der Waals surface area contributed by atoms with Crippen LogP contribution in [0.2, 0.25) is 0 Å². The van der Waals surface area contributed by atoms with Gasteiger partial charge in [0.15, 0.2) is 0 Å². The lowest BCUT2D eigenvalue weighted by atomic mass is 10.1. The average Bonchev–Trinajstić information content (AvgIpc) is 2.15. The van der Waals surface area contributed by atoms with E-state index in [2.05, 4.69) is 4.72 Å². The minimum absolute atomic E-state index is 0.0921. The quantitative estimate of drug-likeness (QED) is 0.883. The molecule has 0 aliphatic heterocycles. The molecule has 0 heterocycles. The summed E-state index contributed by atoms with van der Waals surface area (Å²) in [4.78, 5) is 0.0921. The zero-order chi connectivity index (χ0) is 13.1. The molecule has 0 saturated heterocycles. The molecular formula is C12H18FNO2S. The first-order chi connectivity index (χ1) is 7.81. The van der Waals surface area contributed by atoms with Gasteiger partial charge in [-0.2, -0.15) is 0 Å². The summed E-state index contributed by atoms with van der Waals surface area (Å²) in [5.41, 5.74) is 0. The first kappa shape index (κ1) is 14.1. The van der Waals surface area contributed by atoms with E-state index in [1.54, 1.807) is 0 Å². The second-order valence-electron chi connectivity index (χ2n) is 4.61. The maximum Gasteiger partial charge on any atom is 0.240 e. The summed E-state index contributed by atoms with van der Waals surface area (Å²) in [5, 5.41) is 0. The van der Waals surface area contributed by atoms with Crippen LogP contribution in [0.25, 0.3) is 0 Å². The van der Waals surface area contributed by atoms with Crippen LogP contribution in [0.4, 0.5) is 4.39 Å². The van der Waals surface area contributed by atoms with Gasteiger partial charge in [-0.1, -0.05) is 13.8 Å². The van der Waals surface area contributed by atoms with Gasteiger partial charge in [-0.05, 0) is 43.5 Å². The van der Waals surface area contributed by atoms with Crippen LogP contribution in [0, 0.1) is 11.7 Å². The molecule has 1 atom stereocenters. The molecular weight excluding hydrogens is 241 g/mol. The lowest BCUT2D eigenvalue weighted by Crippen LogP contribution is -2.33. The molecule has 0 bridgehead atoms. The molecule has 0 unspecified atom stereocenters. The predicted molar refractivity (Wildman–Crippen MR) is 65.6 cm³/mol. The SMILES string of the molecule is CC(C)C[C@H](C)NS(=O)(=O)c1ccc(F)cc1. The monoisotopic (exact) mass is 259 g/mol. The fourth-order valence-electron chi connectivity index (χ4n) is 1.70. The Morgan fingerprint density at radius 2 is 1.71 bits per heavy atom. The Kier molecular flexibility index (Phi) is 4.65. The summed E-state index contributed by atoms with van der Waals surface area (Å²) >= 11 is 0. The number of benzene rings is 1. The Hall–Kier alpha value is -0.940. The number of hydrogen-bond donors (Lipinski definition) is 1. The van der Waals surface area contributed by atoms with Crippen molar-refractivity contribution in [1.29, 1.82) is 0 Å². The van der Waals surface area contributed by atoms with Crippen molar-refractivity contribution in [3.63, 3.8) is 0 Å². The molecule has 0 amide bonds. The molecule has 0 spiro atoms. The highest BCUT2D eigenvalue weighted by Crippen LogP contribution is 2.12. The van der Waals surface area contributed by atoms with Crippen molar-refractivity contribution in [2.75, 3.05) is 0 Å². The minimum atomic E-state index is -3.54. The lowest BCUT2D eigenvalue weighted by molar-refractivity contribution is 0.482. The highest BCUT2D eigenvalue weighted by atomic mass is 32.2. The Balaban J connectivity index is 2.78. The Labute approximate surface area is 102 Å². The number of rotatable bonds is 5. The maximum absolute atomic E-state index is 12.7. The molecule has 0 fully saturated rings. The molecule has 17 heavy (non-hydrogen) atoms. The predicted octanol–water partition coefficient (Wildman–Crippen LogP) is 2.54. The van der Waals surface area contributed by atoms with Gasteiger partial charge < -0.3 is 0 Å². The van der Waals surface area contributed by atoms with Crippen molar-refractivity contribution in [3.8, 4) is 0 Å². The molecule has 1 aromatic rings. The highest BCUT2D eigenvalue weighted by molar-refractivity contribution is 7.89. The molecule has 1 aromatic carbocycles. The highest BCUT2D eigenvalue weighted by Gasteiger charge is 2.17. The first-order valence-electron chi connectivity index (χ1n) is 5.59. The zero-order valence-corrected chi connectivity index (χ0v) is 11.1. The summed E-state index contributed by atoms with van der Waals surface area (Å²) in [6.07, 6.45) is 0.764. The fourth-order valence-corrected chi connectivity index (χ4v) is 2.96. The van der Waals surface area contributed by atoms with Crippen LogP contribution in [0.1, 0.15) is 27.2 Å². The van der Waals surface area contributed by atoms with Crippen LogP contribution in [0.3, 0.4) is 0 Å². The normalized spacial score (nSPS) is 13.9. The summed E-state index contributed by atoms with van der Waals surface area (Å²) < 4.78 is 39.1. The van der Waals surface area contributed by atoms with Gasteiger partial charge in [-0.15, -0.1) is 0 Å². The number of halogens is 1. The van der Waals surface area contributed by atoms with Crippen LogP contribution in [-0.4, -0.2) is 14.5 Å². The fraction of sp³-hybridized carbons (Fsp3) is 0.500.